The predicted octanol–water partition coefficient (Wildman–Crippen LogP) is 4.93. The number of carbonyl (C=O) groups is 1. The molecule has 0 saturated carbocycles. The minimum absolute atomic E-state index is 0.0138. The molecular formula is C24H21NO3S. The zero-order valence-corrected chi connectivity index (χ0v) is 16.9. The zero-order valence-electron chi connectivity index (χ0n) is 16.1. The van der Waals surface area contributed by atoms with Gasteiger partial charge in [0.2, 0.25) is 5.91 Å². The first-order valence-corrected chi connectivity index (χ1v) is 10.3. The van der Waals surface area contributed by atoms with Crippen molar-refractivity contribution >= 4 is 28.2 Å². The Hall–Kier alpha value is -3.18. The zero-order chi connectivity index (χ0) is 20.2. The molecular weight excluding hydrogens is 382 g/mol. The Labute approximate surface area is 173 Å². The van der Waals surface area contributed by atoms with E-state index < -0.39 is 0 Å². The largest absolute Gasteiger partial charge is 0.464 e. The number of thiophene rings is 1. The number of rotatable bonds is 6. The highest BCUT2D eigenvalue weighted by atomic mass is 32.1. The molecule has 0 saturated heterocycles. The van der Waals surface area contributed by atoms with Gasteiger partial charge in [0.05, 0.1) is 30.2 Å². The molecule has 0 aliphatic heterocycles. The molecule has 146 valence electrons. The van der Waals surface area contributed by atoms with Gasteiger partial charge in [-0.05, 0) is 36.1 Å². The smallest absolute Gasteiger partial charge is 0.228 e. The number of fused-ring (bicyclic) bond motifs is 1. The summed E-state index contributed by atoms with van der Waals surface area (Å²) in [5.74, 6) is -0.0138. The lowest BCUT2D eigenvalue weighted by Gasteiger charge is -2.22. The van der Waals surface area contributed by atoms with E-state index in [9.17, 15) is 9.59 Å². The summed E-state index contributed by atoms with van der Waals surface area (Å²) in [5.41, 5.74) is 2.98. The molecule has 0 unspecified atom stereocenters. The lowest BCUT2D eigenvalue weighted by molar-refractivity contribution is -0.131. The third-order valence-corrected chi connectivity index (χ3v) is 5.71. The molecule has 2 aromatic heterocycles. The number of aryl methyl sites for hydroxylation is 1. The average molecular weight is 404 g/mol. The van der Waals surface area contributed by atoms with Crippen molar-refractivity contribution < 1.29 is 9.21 Å². The molecule has 0 N–H and O–H groups in total. The maximum absolute atomic E-state index is 13.0. The molecule has 0 spiro atoms. The lowest BCUT2D eigenvalue weighted by Crippen LogP contribution is -2.33. The van der Waals surface area contributed by atoms with E-state index in [-0.39, 0.29) is 17.9 Å². The van der Waals surface area contributed by atoms with Gasteiger partial charge in [0.25, 0.3) is 0 Å². The molecule has 4 rings (SSSR count). The van der Waals surface area contributed by atoms with Crippen molar-refractivity contribution in [2.75, 3.05) is 0 Å². The second-order valence-electron chi connectivity index (χ2n) is 7.08. The van der Waals surface area contributed by atoms with Crippen LogP contribution in [0.25, 0.3) is 11.0 Å². The van der Waals surface area contributed by atoms with Gasteiger partial charge < -0.3 is 9.32 Å². The summed E-state index contributed by atoms with van der Waals surface area (Å²) >= 11 is 1.56. The maximum atomic E-state index is 13.0. The molecule has 5 heteroatoms. The fraction of sp³-hybridized carbons (Fsp3) is 0.167. The Morgan fingerprint density at radius 2 is 1.86 bits per heavy atom. The molecule has 29 heavy (non-hydrogen) atoms. The minimum atomic E-state index is -0.0862. The first-order valence-electron chi connectivity index (χ1n) is 9.45. The second-order valence-corrected chi connectivity index (χ2v) is 8.11. The molecule has 0 aliphatic carbocycles. The lowest BCUT2D eigenvalue weighted by atomic mass is 10.1. The molecule has 4 aromatic rings. The molecule has 2 aromatic carbocycles. The van der Waals surface area contributed by atoms with E-state index in [2.05, 4.69) is 0 Å². The van der Waals surface area contributed by atoms with Gasteiger partial charge in [0, 0.05) is 11.4 Å². The Kier molecular flexibility index (Phi) is 5.58. The molecule has 0 fully saturated rings. The first-order chi connectivity index (χ1) is 14.1. The summed E-state index contributed by atoms with van der Waals surface area (Å²) in [4.78, 5) is 28.8. The Morgan fingerprint density at radius 3 is 2.62 bits per heavy atom. The fourth-order valence-electron chi connectivity index (χ4n) is 3.31. The molecule has 1 amide bonds. The standard InChI is InChI=1S/C24H21NO3S/c1-17-9-10-22-21(12-17)24(27)19(16-28-22)15-25(14-18-6-3-2-4-7-18)23(26)13-20-8-5-11-29-20/h2-12,16H,13-15H2,1H3. The van der Waals surface area contributed by atoms with Crippen LogP contribution < -0.4 is 5.43 Å². The summed E-state index contributed by atoms with van der Waals surface area (Å²) in [6.45, 7) is 2.60. The van der Waals surface area contributed by atoms with Gasteiger partial charge in [-0.25, -0.2) is 0 Å². The van der Waals surface area contributed by atoms with Crippen LogP contribution in [0.4, 0.5) is 0 Å². The van der Waals surface area contributed by atoms with Crippen molar-refractivity contribution in [1.29, 1.82) is 0 Å². The summed E-state index contributed by atoms with van der Waals surface area (Å²) in [6.07, 6.45) is 1.80. The van der Waals surface area contributed by atoms with Crippen LogP contribution in [0.3, 0.4) is 0 Å². The topological polar surface area (TPSA) is 50.5 Å². The highest BCUT2D eigenvalue weighted by Crippen LogP contribution is 2.17. The van der Waals surface area contributed by atoms with Crippen LogP contribution in [-0.4, -0.2) is 10.8 Å². The summed E-state index contributed by atoms with van der Waals surface area (Å²) in [5, 5.41) is 2.51. The van der Waals surface area contributed by atoms with Gasteiger partial charge in [-0.1, -0.05) is 48.0 Å². The van der Waals surface area contributed by atoms with Crippen molar-refractivity contribution in [3.05, 3.63) is 104 Å². The van der Waals surface area contributed by atoms with Gasteiger partial charge >= 0.3 is 0 Å². The van der Waals surface area contributed by atoms with Crippen molar-refractivity contribution in [1.82, 2.24) is 4.90 Å². The van der Waals surface area contributed by atoms with Crippen LogP contribution in [0.2, 0.25) is 0 Å². The van der Waals surface area contributed by atoms with Crippen LogP contribution in [-0.2, 0) is 24.3 Å². The molecule has 4 nitrogen and oxygen atoms in total. The number of hydrogen-bond donors (Lipinski definition) is 0. The second kappa shape index (κ2) is 8.45. The van der Waals surface area contributed by atoms with Crippen LogP contribution in [0.15, 0.2) is 81.5 Å². The number of benzene rings is 2. The first kappa shape index (κ1) is 19.2. The summed E-state index contributed by atoms with van der Waals surface area (Å²) in [7, 11) is 0. The van der Waals surface area contributed by atoms with Gasteiger partial charge in [-0.3, -0.25) is 9.59 Å². The normalized spacial score (nSPS) is 10.9. The summed E-state index contributed by atoms with van der Waals surface area (Å²) in [6, 6.07) is 19.3. The highest BCUT2D eigenvalue weighted by Gasteiger charge is 2.18. The van der Waals surface area contributed by atoms with E-state index in [1.165, 1.54) is 6.26 Å². The van der Waals surface area contributed by atoms with Crippen molar-refractivity contribution in [2.24, 2.45) is 0 Å². The van der Waals surface area contributed by atoms with Crippen LogP contribution in [0, 0.1) is 6.92 Å². The quantitative estimate of drug-likeness (QED) is 0.458. The van der Waals surface area contributed by atoms with E-state index in [1.807, 2.05) is 66.9 Å². The maximum Gasteiger partial charge on any atom is 0.228 e. The van der Waals surface area contributed by atoms with Crippen molar-refractivity contribution in [2.45, 2.75) is 26.4 Å². The molecule has 0 atom stereocenters. The van der Waals surface area contributed by atoms with Gasteiger partial charge in [-0.2, -0.15) is 0 Å². The third-order valence-electron chi connectivity index (χ3n) is 4.84. The monoisotopic (exact) mass is 403 g/mol. The van der Waals surface area contributed by atoms with Crippen LogP contribution in [0.1, 0.15) is 21.6 Å². The van der Waals surface area contributed by atoms with E-state index in [4.69, 9.17) is 4.42 Å². The molecule has 2 heterocycles. The minimum Gasteiger partial charge on any atom is -0.464 e. The van der Waals surface area contributed by atoms with Gasteiger partial charge in [0.15, 0.2) is 5.43 Å². The van der Waals surface area contributed by atoms with E-state index in [0.717, 1.165) is 16.0 Å². The fourth-order valence-corrected chi connectivity index (χ4v) is 4.01. The Bertz CT molecular complexity index is 1180. The SMILES string of the molecule is Cc1ccc2occ(CN(Cc3ccccc3)C(=O)Cc3cccs3)c(=O)c2c1. The average Bonchev–Trinajstić information content (AvgIpc) is 3.23. The Balaban J connectivity index is 1.65. The number of carbonyl (C=O) groups excluding carboxylic acids is 1. The highest BCUT2D eigenvalue weighted by molar-refractivity contribution is 7.10. The van der Waals surface area contributed by atoms with Crippen molar-refractivity contribution in [3.8, 4) is 0 Å². The van der Waals surface area contributed by atoms with E-state index >= 15 is 0 Å². The predicted molar refractivity (Wildman–Crippen MR) is 116 cm³/mol. The van der Waals surface area contributed by atoms with Gasteiger partial charge in [-0.15, -0.1) is 11.3 Å². The van der Waals surface area contributed by atoms with E-state index in [0.29, 0.717) is 29.5 Å². The number of hydrogen-bond acceptors (Lipinski definition) is 4. The van der Waals surface area contributed by atoms with Crippen LogP contribution in [0.5, 0.6) is 0 Å². The number of nitrogens with zero attached hydrogens (tertiary/aromatic N) is 1. The number of amides is 1. The van der Waals surface area contributed by atoms with Crippen LogP contribution >= 0.6 is 11.3 Å². The van der Waals surface area contributed by atoms with Crippen molar-refractivity contribution in [3.63, 3.8) is 0 Å². The van der Waals surface area contributed by atoms with E-state index in [1.54, 1.807) is 22.3 Å². The molecule has 0 aliphatic rings. The summed E-state index contributed by atoms with van der Waals surface area (Å²) < 4.78 is 5.68. The third kappa shape index (κ3) is 4.46. The Morgan fingerprint density at radius 1 is 1.03 bits per heavy atom. The molecule has 0 radical (unpaired) electrons. The molecule has 0 bridgehead atoms. The van der Waals surface area contributed by atoms with Gasteiger partial charge in [0.1, 0.15) is 5.58 Å².